The highest BCUT2D eigenvalue weighted by Gasteiger charge is 2.37. The molecule has 0 aliphatic carbocycles. The lowest BCUT2D eigenvalue weighted by molar-refractivity contribution is 0.0590. The second kappa shape index (κ2) is 8.13. The quantitative estimate of drug-likeness (QED) is 0.696. The Labute approximate surface area is 174 Å². The van der Waals surface area contributed by atoms with Crippen molar-refractivity contribution in [3.63, 3.8) is 0 Å². The summed E-state index contributed by atoms with van der Waals surface area (Å²) in [7, 11) is 3.21. The number of ether oxygens (including phenoxy) is 2. The number of piperidine rings is 1. The van der Waals surface area contributed by atoms with Crippen molar-refractivity contribution in [1.29, 1.82) is 0 Å². The van der Waals surface area contributed by atoms with E-state index < -0.39 is 0 Å². The molecule has 0 aromatic heterocycles. The van der Waals surface area contributed by atoms with Crippen LogP contribution in [0.5, 0.6) is 11.5 Å². The fraction of sp³-hybridized carbons (Fsp3) is 0.409. The summed E-state index contributed by atoms with van der Waals surface area (Å²) < 4.78 is 11.7. The molecule has 2 aliphatic heterocycles. The van der Waals surface area contributed by atoms with E-state index in [0.29, 0.717) is 18.0 Å². The fourth-order valence-corrected chi connectivity index (χ4v) is 4.95. The van der Waals surface area contributed by atoms with Crippen molar-refractivity contribution in [1.82, 2.24) is 9.80 Å². The van der Waals surface area contributed by atoms with Gasteiger partial charge >= 0.3 is 0 Å². The number of amides is 1. The second-order valence-corrected chi connectivity index (χ2v) is 8.17. The third kappa shape index (κ3) is 3.51. The van der Waals surface area contributed by atoms with Gasteiger partial charge in [0.1, 0.15) is 0 Å². The van der Waals surface area contributed by atoms with Gasteiger partial charge in [0, 0.05) is 43.3 Å². The van der Waals surface area contributed by atoms with Crippen LogP contribution in [0.3, 0.4) is 0 Å². The van der Waals surface area contributed by atoms with Gasteiger partial charge < -0.3 is 14.4 Å². The Balaban J connectivity index is 1.45. The molecule has 0 N–H and O–H groups in total. The van der Waals surface area contributed by atoms with Gasteiger partial charge in [0.15, 0.2) is 11.5 Å². The average molecular weight is 445 g/mol. The van der Waals surface area contributed by atoms with Crippen molar-refractivity contribution in [2.45, 2.75) is 32.0 Å². The molecule has 2 aromatic rings. The predicted octanol–water partition coefficient (Wildman–Crippen LogP) is 4.09. The van der Waals surface area contributed by atoms with Crippen LogP contribution in [0.15, 0.2) is 40.9 Å². The zero-order valence-electron chi connectivity index (χ0n) is 16.3. The van der Waals surface area contributed by atoms with E-state index in [1.165, 1.54) is 5.56 Å². The molecule has 28 heavy (non-hydrogen) atoms. The number of carbonyl (C=O) groups excluding carboxylic acids is 1. The number of hydrogen-bond donors (Lipinski definition) is 0. The molecule has 4 rings (SSSR count). The molecule has 0 atom stereocenters. The van der Waals surface area contributed by atoms with Gasteiger partial charge in [0.2, 0.25) is 0 Å². The fourth-order valence-electron chi connectivity index (χ4n) is 4.26. The van der Waals surface area contributed by atoms with Crippen molar-refractivity contribution in [2.75, 3.05) is 27.3 Å². The lowest BCUT2D eigenvalue weighted by Crippen LogP contribution is -2.44. The molecular weight excluding hydrogens is 420 g/mol. The third-order valence-electron chi connectivity index (χ3n) is 5.78. The highest BCUT2D eigenvalue weighted by molar-refractivity contribution is 9.10. The molecule has 0 spiro atoms. The molecule has 1 fully saturated rings. The van der Waals surface area contributed by atoms with Crippen LogP contribution in [0.25, 0.3) is 0 Å². The van der Waals surface area contributed by atoms with Crippen LogP contribution in [-0.2, 0) is 13.1 Å². The molecule has 2 heterocycles. The van der Waals surface area contributed by atoms with Gasteiger partial charge in [-0.25, -0.2) is 0 Å². The topological polar surface area (TPSA) is 42.0 Å². The van der Waals surface area contributed by atoms with Crippen LogP contribution in [0.4, 0.5) is 0 Å². The maximum absolute atomic E-state index is 13.1. The molecular formula is C22H25BrN2O3. The first-order valence-corrected chi connectivity index (χ1v) is 10.4. The monoisotopic (exact) mass is 444 g/mol. The summed E-state index contributed by atoms with van der Waals surface area (Å²) in [5.41, 5.74) is 3.05. The molecule has 0 saturated carbocycles. The number of hydrogen-bond acceptors (Lipinski definition) is 4. The maximum atomic E-state index is 13.1. The summed E-state index contributed by atoms with van der Waals surface area (Å²) >= 11 is 3.62. The van der Waals surface area contributed by atoms with Gasteiger partial charge in [-0.1, -0.05) is 30.3 Å². The molecule has 0 radical (unpaired) electrons. The van der Waals surface area contributed by atoms with Crippen LogP contribution >= 0.6 is 15.9 Å². The lowest BCUT2D eigenvalue weighted by atomic mass is 10.0. The molecule has 5 nitrogen and oxygen atoms in total. The average Bonchev–Trinajstić information content (AvgIpc) is 3.06. The van der Waals surface area contributed by atoms with Crippen LogP contribution in [0.1, 0.15) is 34.3 Å². The minimum Gasteiger partial charge on any atom is -0.493 e. The van der Waals surface area contributed by atoms with Crippen molar-refractivity contribution >= 4 is 21.8 Å². The third-order valence-corrected chi connectivity index (χ3v) is 6.62. The van der Waals surface area contributed by atoms with Crippen LogP contribution in [0.2, 0.25) is 0 Å². The number of likely N-dealkylation sites (tertiary alicyclic amines) is 1. The Morgan fingerprint density at radius 2 is 1.82 bits per heavy atom. The molecule has 1 amide bonds. The summed E-state index contributed by atoms with van der Waals surface area (Å²) in [5, 5.41) is 0. The molecule has 2 aliphatic rings. The van der Waals surface area contributed by atoms with E-state index in [1.807, 2.05) is 11.0 Å². The summed E-state index contributed by atoms with van der Waals surface area (Å²) in [5.74, 6) is 1.33. The van der Waals surface area contributed by atoms with E-state index in [-0.39, 0.29) is 11.9 Å². The number of fused-ring (bicyclic) bond motifs is 1. The van der Waals surface area contributed by atoms with E-state index in [2.05, 4.69) is 51.2 Å². The SMILES string of the molecule is COc1cc2c(c(Br)c1OC)CN(C1CCN(Cc3ccccc3)CC1)C2=O. The van der Waals surface area contributed by atoms with Crippen LogP contribution in [-0.4, -0.2) is 49.1 Å². The molecule has 148 valence electrons. The minimum absolute atomic E-state index is 0.0955. The minimum atomic E-state index is 0.0955. The van der Waals surface area contributed by atoms with Crippen LogP contribution in [0, 0.1) is 0 Å². The number of benzene rings is 2. The van der Waals surface area contributed by atoms with Gasteiger partial charge in [0.05, 0.1) is 18.7 Å². The highest BCUT2D eigenvalue weighted by atomic mass is 79.9. The summed E-state index contributed by atoms with van der Waals surface area (Å²) in [4.78, 5) is 17.6. The predicted molar refractivity (Wildman–Crippen MR) is 112 cm³/mol. The van der Waals surface area contributed by atoms with Gasteiger partial charge in [0.25, 0.3) is 5.91 Å². The van der Waals surface area contributed by atoms with E-state index in [0.717, 1.165) is 48.1 Å². The van der Waals surface area contributed by atoms with E-state index in [1.54, 1.807) is 14.2 Å². The Hall–Kier alpha value is -2.05. The number of nitrogens with zero attached hydrogens (tertiary/aromatic N) is 2. The van der Waals surface area contributed by atoms with Crippen LogP contribution < -0.4 is 9.47 Å². The van der Waals surface area contributed by atoms with Gasteiger partial charge in [-0.15, -0.1) is 0 Å². The van der Waals surface area contributed by atoms with E-state index in [4.69, 9.17) is 9.47 Å². The summed E-state index contributed by atoms with van der Waals surface area (Å²) in [6, 6.07) is 12.7. The molecule has 0 bridgehead atoms. The molecule has 0 unspecified atom stereocenters. The first-order valence-electron chi connectivity index (χ1n) is 9.63. The maximum Gasteiger partial charge on any atom is 0.254 e. The normalized spacial score (nSPS) is 17.7. The molecule has 6 heteroatoms. The number of rotatable bonds is 5. The number of halogens is 1. The van der Waals surface area contributed by atoms with Crippen molar-refractivity contribution in [3.05, 3.63) is 57.6 Å². The second-order valence-electron chi connectivity index (χ2n) is 7.38. The lowest BCUT2D eigenvalue weighted by Gasteiger charge is -2.36. The molecule has 1 saturated heterocycles. The molecule has 2 aromatic carbocycles. The van der Waals surface area contributed by atoms with Crippen molar-refractivity contribution in [3.8, 4) is 11.5 Å². The van der Waals surface area contributed by atoms with Gasteiger partial charge in [-0.2, -0.15) is 0 Å². The Kier molecular flexibility index (Phi) is 5.60. The van der Waals surface area contributed by atoms with Gasteiger partial charge in [-0.05, 0) is 40.4 Å². The standard InChI is InChI=1S/C22H25BrN2O3/c1-27-19-12-17-18(20(23)21(19)28-2)14-25(22(17)26)16-8-10-24(11-9-16)13-15-6-4-3-5-7-15/h3-7,12,16H,8-11,13-14H2,1-2H3. The van der Waals surface area contributed by atoms with Crippen molar-refractivity contribution in [2.24, 2.45) is 0 Å². The Morgan fingerprint density at radius 1 is 1.11 bits per heavy atom. The van der Waals surface area contributed by atoms with E-state index in [9.17, 15) is 4.79 Å². The Bertz CT molecular complexity index is 864. The van der Waals surface area contributed by atoms with Gasteiger partial charge in [-0.3, -0.25) is 9.69 Å². The van der Waals surface area contributed by atoms with Crippen molar-refractivity contribution < 1.29 is 14.3 Å². The zero-order valence-corrected chi connectivity index (χ0v) is 17.9. The summed E-state index contributed by atoms with van der Waals surface area (Å²) in [6.45, 7) is 3.61. The van der Waals surface area contributed by atoms with E-state index >= 15 is 0 Å². The Morgan fingerprint density at radius 3 is 2.46 bits per heavy atom. The number of carbonyl (C=O) groups is 1. The smallest absolute Gasteiger partial charge is 0.254 e. The zero-order chi connectivity index (χ0) is 19.7. The first-order chi connectivity index (χ1) is 13.6. The summed E-state index contributed by atoms with van der Waals surface area (Å²) in [6.07, 6.45) is 2.00. The largest absolute Gasteiger partial charge is 0.493 e. The number of methoxy groups -OCH3 is 2. The highest BCUT2D eigenvalue weighted by Crippen LogP contribution is 2.43. The first kappa shape index (κ1) is 19.3.